The smallest absolute Gasteiger partial charge is 0.223 e. The van der Waals surface area contributed by atoms with Crippen LogP contribution in [-0.4, -0.2) is 28.4 Å². The third-order valence-electron chi connectivity index (χ3n) is 5.15. The van der Waals surface area contributed by atoms with Crippen molar-refractivity contribution in [2.24, 2.45) is 5.92 Å². The Labute approximate surface area is 127 Å². The lowest BCUT2D eigenvalue weighted by atomic mass is 10.0. The predicted octanol–water partition coefficient (Wildman–Crippen LogP) is 3.59. The molecule has 0 bridgehead atoms. The molecule has 3 rings (SSSR count). The van der Waals surface area contributed by atoms with Crippen molar-refractivity contribution in [1.82, 2.24) is 9.88 Å². The molecular formula is C18H26N2O. The average molecular weight is 286 g/mol. The fraction of sp³-hybridized carbons (Fsp3) is 0.667. The van der Waals surface area contributed by atoms with Crippen LogP contribution in [-0.2, 0) is 11.2 Å². The number of carbonyl (C=O) groups excluding carboxylic acids is 1. The second-order valence-electron chi connectivity index (χ2n) is 6.63. The van der Waals surface area contributed by atoms with Gasteiger partial charge in [0.1, 0.15) is 0 Å². The Morgan fingerprint density at radius 1 is 1.14 bits per heavy atom. The van der Waals surface area contributed by atoms with Gasteiger partial charge in [-0.2, -0.15) is 0 Å². The normalized spacial score (nSPS) is 22.9. The molecule has 2 fully saturated rings. The maximum absolute atomic E-state index is 12.5. The Morgan fingerprint density at radius 2 is 1.90 bits per heavy atom. The molecule has 114 valence electrons. The molecule has 0 spiro atoms. The van der Waals surface area contributed by atoms with Gasteiger partial charge in [0.05, 0.1) is 0 Å². The number of carbonyl (C=O) groups is 1. The number of pyridine rings is 1. The lowest BCUT2D eigenvalue weighted by Crippen LogP contribution is -2.36. The highest BCUT2D eigenvalue weighted by Gasteiger charge is 2.30. The fourth-order valence-corrected chi connectivity index (χ4v) is 3.93. The van der Waals surface area contributed by atoms with Gasteiger partial charge in [-0.3, -0.25) is 9.78 Å². The van der Waals surface area contributed by atoms with Gasteiger partial charge in [-0.05, 0) is 62.1 Å². The van der Waals surface area contributed by atoms with Crippen LogP contribution in [0.15, 0.2) is 24.5 Å². The standard InChI is InChI=1S/C18H26N2O/c21-18(14-16-4-1-2-5-16)20-13-3-6-17(20)8-7-15-9-11-19-12-10-15/h9-12,16-17H,1-8,13-14H2/t17-/m0/s1. The predicted molar refractivity (Wildman–Crippen MR) is 83.9 cm³/mol. The zero-order valence-corrected chi connectivity index (χ0v) is 12.8. The van der Waals surface area contributed by atoms with Gasteiger partial charge in [0.2, 0.25) is 5.91 Å². The molecule has 1 aromatic heterocycles. The SMILES string of the molecule is O=C(CC1CCCC1)N1CCC[C@H]1CCc1ccncc1. The van der Waals surface area contributed by atoms with Crippen molar-refractivity contribution in [3.63, 3.8) is 0 Å². The number of nitrogens with zero attached hydrogens (tertiary/aromatic N) is 2. The van der Waals surface area contributed by atoms with E-state index in [-0.39, 0.29) is 0 Å². The molecule has 2 aliphatic rings. The van der Waals surface area contributed by atoms with E-state index in [1.165, 1.54) is 44.1 Å². The van der Waals surface area contributed by atoms with Crippen LogP contribution in [0.2, 0.25) is 0 Å². The summed E-state index contributed by atoms with van der Waals surface area (Å²) in [5.41, 5.74) is 1.33. The van der Waals surface area contributed by atoms with Crippen molar-refractivity contribution in [2.45, 2.75) is 63.8 Å². The van der Waals surface area contributed by atoms with Crippen LogP contribution in [0.3, 0.4) is 0 Å². The Bertz CT molecular complexity index is 454. The van der Waals surface area contributed by atoms with Crippen LogP contribution < -0.4 is 0 Å². The topological polar surface area (TPSA) is 33.2 Å². The minimum Gasteiger partial charge on any atom is -0.340 e. The maximum Gasteiger partial charge on any atom is 0.223 e. The van der Waals surface area contributed by atoms with Crippen LogP contribution in [0.4, 0.5) is 0 Å². The van der Waals surface area contributed by atoms with Gasteiger partial charge in [-0.1, -0.05) is 12.8 Å². The van der Waals surface area contributed by atoms with Crippen LogP contribution in [0, 0.1) is 5.92 Å². The van der Waals surface area contributed by atoms with Crippen molar-refractivity contribution in [2.75, 3.05) is 6.54 Å². The summed E-state index contributed by atoms with van der Waals surface area (Å²) >= 11 is 0. The molecule has 1 atom stereocenters. The van der Waals surface area contributed by atoms with E-state index in [1.54, 1.807) is 0 Å². The number of hydrogen-bond donors (Lipinski definition) is 0. The molecule has 0 aromatic carbocycles. The monoisotopic (exact) mass is 286 g/mol. The number of hydrogen-bond acceptors (Lipinski definition) is 2. The van der Waals surface area contributed by atoms with E-state index >= 15 is 0 Å². The largest absolute Gasteiger partial charge is 0.340 e. The molecule has 0 N–H and O–H groups in total. The van der Waals surface area contributed by atoms with Gasteiger partial charge < -0.3 is 4.90 Å². The number of amides is 1. The van der Waals surface area contributed by atoms with E-state index < -0.39 is 0 Å². The Kier molecular flexibility index (Phi) is 4.89. The molecule has 1 aromatic rings. The summed E-state index contributed by atoms with van der Waals surface area (Å²) < 4.78 is 0. The highest BCUT2D eigenvalue weighted by atomic mass is 16.2. The van der Waals surface area contributed by atoms with Gasteiger partial charge in [0.15, 0.2) is 0 Å². The summed E-state index contributed by atoms with van der Waals surface area (Å²) in [7, 11) is 0. The lowest BCUT2D eigenvalue weighted by molar-refractivity contribution is -0.133. The number of rotatable bonds is 5. The van der Waals surface area contributed by atoms with E-state index in [2.05, 4.69) is 22.0 Å². The first kappa shape index (κ1) is 14.6. The molecule has 0 radical (unpaired) electrons. The van der Waals surface area contributed by atoms with Gasteiger partial charge in [-0.25, -0.2) is 0 Å². The minimum absolute atomic E-state index is 0.416. The first-order chi connectivity index (χ1) is 10.3. The highest BCUT2D eigenvalue weighted by Crippen LogP contribution is 2.30. The van der Waals surface area contributed by atoms with Crippen LogP contribution >= 0.6 is 0 Å². The molecule has 3 heteroatoms. The van der Waals surface area contributed by atoms with Gasteiger partial charge in [0, 0.05) is 31.4 Å². The minimum atomic E-state index is 0.416. The fourth-order valence-electron chi connectivity index (χ4n) is 3.93. The van der Waals surface area contributed by atoms with Crippen molar-refractivity contribution < 1.29 is 4.79 Å². The van der Waals surface area contributed by atoms with Gasteiger partial charge in [-0.15, -0.1) is 0 Å². The maximum atomic E-state index is 12.5. The van der Waals surface area contributed by atoms with Crippen LogP contribution in [0.5, 0.6) is 0 Å². The van der Waals surface area contributed by atoms with Crippen LogP contribution in [0.25, 0.3) is 0 Å². The first-order valence-corrected chi connectivity index (χ1v) is 8.51. The molecule has 1 aliphatic carbocycles. The molecule has 1 amide bonds. The summed E-state index contributed by atoms with van der Waals surface area (Å²) in [6, 6.07) is 4.63. The Morgan fingerprint density at radius 3 is 2.67 bits per heavy atom. The third-order valence-corrected chi connectivity index (χ3v) is 5.15. The van der Waals surface area contributed by atoms with E-state index in [9.17, 15) is 4.79 Å². The number of aromatic nitrogens is 1. The van der Waals surface area contributed by atoms with E-state index in [1.807, 2.05) is 12.4 Å². The molecule has 1 aliphatic heterocycles. The van der Waals surface area contributed by atoms with Crippen molar-refractivity contribution in [1.29, 1.82) is 0 Å². The number of likely N-dealkylation sites (tertiary alicyclic amines) is 1. The number of aryl methyl sites for hydroxylation is 1. The summed E-state index contributed by atoms with van der Waals surface area (Å²) in [6.45, 7) is 0.979. The average Bonchev–Trinajstić information content (AvgIpc) is 3.17. The first-order valence-electron chi connectivity index (χ1n) is 8.51. The van der Waals surface area contributed by atoms with Gasteiger partial charge in [0.25, 0.3) is 0 Å². The van der Waals surface area contributed by atoms with E-state index in [4.69, 9.17) is 0 Å². The third kappa shape index (κ3) is 3.84. The summed E-state index contributed by atoms with van der Waals surface area (Å²) in [5, 5.41) is 0. The molecule has 3 nitrogen and oxygen atoms in total. The van der Waals surface area contributed by atoms with Crippen molar-refractivity contribution >= 4 is 5.91 Å². The zero-order valence-electron chi connectivity index (χ0n) is 12.8. The van der Waals surface area contributed by atoms with Gasteiger partial charge >= 0.3 is 0 Å². The van der Waals surface area contributed by atoms with E-state index in [0.717, 1.165) is 25.8 Å². The summed E-state index contributed by atoms with van der Waals surface area (Å²) in [4.78, 5) is 18.8. The molecule has 21 heavy (non-hydrogen) atoms. The molecule has 2 heterocycles. The zero-order chi connectivity index (χ0) is 14.5. The lowest BCUT2D eigenvalue weighted by Gasteiger charge is -2.26. The van der Waals surface area contributed by atoms with E-state index in [0.29, 0.717) is 17.9 Å². The Hall–Kier alpha value is -1.38. The second-order valence-corrected chi connectivity index (χ2v) is 6.63. The van der Waals surface area contributed by atoms with Crippen LogP contribution in [0.1, 0.15) is 56.9 Å². The molecule has 1 saturated carbocycles. The molecule has 1 saturated heterocycles. The summed E-state index contributed by atoms with van der Waals surface area (Å²) in [6.07, 6.45) is 14.2. The second kappa shape index (κ2) is 7.06. The quantitative estimate of drug-likeness (QED) is 0.829. The molecule has 0 unspecified atom stereocenters. The molecular weight excluding hydrogens is 260 g/mol. The van der Waals surface area contributed by atoms with Crippen molar-refractivity contribution in [3.05, 3.63) is 30.1 Å². The Balaban J connectivity index is 1.51. The van der Waals surface area contributed by atoms with Crippen molar-refractivity contribution in [3.8, 4) is 0 Å². The highest BCUT2D eigenvalue weighted by molar-refractivity contribution is 5.77. The summed E-state index contributed by atoms with van der Waals surface area (Å²) in [5.74, 6) is 1.08.